The molecular weight excluding hydrogens is 218 g/mol. The van der Waals surface area contributed by atoms with E-state index in [1.807, 2.05) is 0 Å². The second kappa shape index (κ2) is 6.36. The molecule has 0 aliphatic carbocycles. The van der Waals surface area contributed by atoms with Crippen LogP contribution in [-0.2, 0) is 9.53 Å². The van der Waals surface area contributed by atoms with Crippen LogP contribution < -0.4 is 0 Å². The zero-order valence-corrected chi connectivity index (χ0v) is 11.2. The van der Waals surface area contributed by atoms with E-state index < -0.39 is 11.4 Å². The van der Waals surface area contributed by atoms with Gasteiger partial charge in [-0.15, -0.1) is 0 Å². The standard InChI is InChI=1S/C13H25NO3/c1-13(2,12(15)16)7-4-5-8-14(3)11-6-9-17-10-11/h11H,4-10H2,1-3H3,(H,15,16). The van der Waals surface area contributed by atoms with Crippen LogP contribution in [0.15, 0.2) is 0 Å². The smallest absolute Gasteiger partial charge is 0.309 e. The molecule has 1 fully saturated rings. The van der Waals surface area contributed by atoms with E-state index in [1.54, 1.807) is 13.8 Å². The number of carboxylic acid groups (broad SMARTS) is 1. The van der Waals surface area contributed by atoms with Crippen LogP contribution in [-0.4, -0.2) is 48.8 Å². The fourth-order valence-electron chi connectivity index (χ4n) is 2.09. The number of likely N-dealkylation sites (N-methyl/N-ethyl adjacent to an activating group) is 1. The molecule has 1 aliphatic rings. The molecular formula is C13H25NO3. The monoisotopic (exact) mass is 243 g/mol. The number of ether oxygens (including phenoxy) is 1. The maximum atomic E-state index is 10.9. The third kappa shape index (κ3) is 4.64. The first-order chi connectivity index (χ1) is 7.93. The van der Waals surface area contributed by atoms with Crippen molar-refractivity contribution in [1.82, 2.24) is 4.90 Å². The Morgan fingerprint density at radius 3 is 2.71 bits per heavy atom. The van der Waals surface area contributed by atoms with Gasteiger partial charge < -0.3 is 14.7 Å². The van der Waals surface area contributed by atoms with Crippen molar-refractivity contribution in [2.75, 3.05) is 26.8 Å². The Morgan fingerprint density at radius 1 is 1.47 bits per heavy atom. The Balaban J connectivity index is 2.13. The van der Waals surface area contributed by atoms with Crippen molar-refractivity contribution < 1.29 is 14.6 Å². The first-order valence-electron chi connectivity index (χ1n) is 6.45. The summed E-state index contributed by atoms with van der Waals surface area (Å²) in [7, 11) is 2.13. The summed E-state index contributed by atoms with van der Waals surface area (Å²) >= 11 is 0. The quantitative estimate of drug-likeness (QED) is 0.695. The summed E-state index contributed by atoms with van der Waals surface area (Å²) in [6.07, 6.45) is 3.90. The van der Waals surface area contributed by atoms with Crippen LogP contribution in [0.3, 0.4) is 0 Å². The summed E-state index contributed by atoms with van der Waals surface area (Å²) in [4.78, 5) is 13.3. The molecule has 1 atom stereocenters. The van der Waals surface area contributed by atoms with Crippen molar-refractivity contribution in [1.29, 1.82) is 0 Å². The Kier molecular flexibility index (Phi) is 5.40. The van der Waals surface area contributed by atoms with Gasteiger partial charge in [-0.25, -0.2) is 0 Å². The van der Waals surface area contributed by atoms with Crippen molar-refractivity contribution in [2.24, 2.45) is 5.41 Å². The second-order valence-corrected chi connectivity index (χ2v) is 5.64. The SMILES string of the molecule is CN(CCCCC(C)(C)C(=O)O)C1CCOC1. The Bertz CT molecular complexity index is 247. The van der Waals surface area contributed by atoms with Crippen LogP contribution in [0, 0.1) is 5.41 Å². The van der Waals surface area contributed by atoms with Crippen LogP contribution in [0.25, 0.3) is 0 Å². The number of carboxylic acids is 1. The van der Waals surface area contributed by atoms with Gasteiger partial charge in [0.1, 0.15) is 0 Å². The summed E-state index contributed by atoms with van der Waals surface area (Å²) in [6, 6.07) is 0.558. The molecule has 1 N–H and O–H groups in total. The van der Waals surface area contributed by atoms with Gasteiger partial charge in [-0.1, -0.05) is 6.42 Å². The second-order valence-electron chi connectivity index (χ2n) is 5.64. The number of hydrogen-bond donors (Lipinski definition) is 1. The molecule has 1 unspecified atom stereocenters. The number of aliphatic carboxylic acids is 1. The van der Waals surface area contributed by atoms with Gasteiger partial charge in [-0.3, -0.25) is 4.79 Å². The van der Waals surface area contributed by atoms with Gasteiger partial charge in [0.05, 0.1) is 12.0 Å². The highest BCUT2D eigenvalue weighted by Gasteiger charge is 2.26. The topological polar surface area (TPSA) is 49.8 Å². The lowest BCUT2D eigenvalue weighted by Crippen LogP contribution is -2.33. The van der Waals surface area contributed by atoms with E-state index in [4.69, 9.17) is 9.84 Å². The Morgan fingerprint density at radius 2 is 2.18 bits per heavy atom. The van der Waals surface area contributed by atoms with Gasteiger partial charge >= 0.3 is 5.97 Å². The molecule has 17 heavy (non-hydrogen) atoms. The minimum Gasteiger partial charge on any atom is -0.481 e. The average Bonchev–Trinajstić information content (AvgIpc) is 2.77. The third-order valence-electron chi connectivity index (χ3n) is 3.67. The molecule has 0 radical (unpaired) electrons. The van der Waals surface area contributed by atoms with Crippen molar-refractivity contribution in [3.05, 3.63) is 0 Å². The number of unbranched alkanes of at least 4 members (excludes halogenated alkanes) is 1. The first kappa shape index (κ1) is 14.5. The molecule has 0 aromatic heterocycles. The highest BCUT2D eigenvalue weighted by Crippen LogP contribution is 2.23. The van der Waals surface area contributed by atoms with Gasteiger partial charge in [0, 0.05) is 12.6 Å². The van der Waals surface area contributed by atoms with Crippen molar-refractivity contribution in [2.45, 2.75) is 45.6 Å². The van der Waals surface area contributed by atoms with Crippen molar-refractivity contribution in [3.8, 4) is 0 Å². The van der Waals surface area contributed by atoms with Crippen molar-refractivity contribution in [3.63, 3.8) is 0 Å². The fraction of sp³-hybridized carbons (Fsp3) is 0.923. The molecule has 1 aliphatic heterocycles. The predicted molar refractivity (Wildman–Crippen MR) is 67.1 cm³/mol. The lowest BCUT2D eigenvalue weighted by molar-refractivity contribution is -0.147. The van der Waals surface area contributed by atoms with Crippen LogP contribution in [0.5, 0.6) is 0 Å². The van der Waals surface area contributed by atoms with Gasteiger partial charge in [0.15, 0.2) is 0 Å². The lowest BCUT2D eigenvalue weighted by Gasteiger charge is -2.24. The zero-order chi connectivity index (χ0) is 12.9. The Hall–Kier alpha value is -0.610. The molecule has 1 saturated heterocycles. The van der Waals surface area contributed by atoms with Crippen LogP contribution in [0.1, 0.15) is 39.5 Å². The van der Waals surface area contributed by atoms with Gasteiger partial charge in [0.2, 0.25) is 0 Å². The maximum absolute atomic E-state index is 10.9. The van der Waals surface area contributed by atoms with E-state index in [9.17, 15) is 4.79 Å². The first-order valence-corrected chi connectivity index (χ1v) is 6.45. The molecule has 1 rings (SSSR count). The normalized spacial score (nSPS) is 21.1. The average molecular weight is 243 g/mol. The van der Waals surface area contributed by atoms with E-state index in [-0.39, 0.29) is 0 Å². The third-order valence-corrected chi connectivity index (χ3v) is 3.67. The molecule has 0 spiro atoms. The summed E-state index contributed by atoms with van der Waals surface area (Å²) < 4.78 is 5.35. The molecule has 0 aromatic rings. The summed E-state index contributed by atoms with van der Waals surface area (Å²) in [5.74, 6) is -0.699. The number of nitrogens with zero attached hydrogens (tertiary/aromatic N) is 1. The molecule has 0 aromatic carbocycles. The van der Waals surface area contributed by atoms with E-state index in [1.165, 1.54) is 0 Å². The minimum absolute atomic E-state index is 0.558. The number of carbonyl (C=O) groups is 1. The lowest BCUT2D eigenvalue weighted by atomic mass is 9.87. The highest BCUT2D eigenvalue weighted by molar-refractivity contribution is 5.73. The van der Waals surface area contributed by atoms with Gasteiger partial charge in [-0.2, -0.15) is 0 Å². The molecule has 0 amide bonds. The van der Waals surface area contributed by atoms with E-state index >= 15 is 0 Å². The molecule has 0 bridgehead atoms. The van der Waals surface area contributed by atoms with Gasteiger partial charge in [-0.05, 0) is 46.7 Å². The van der Waals surface area contributed by atoms with E-state index in [2.05, 4.69) is 11.9 Å². The van der Waals surface area contributed by atoms with E-state index in [0.29, 0.717) is 6.04 Å². The number of rotatable bonds is 7. The molecule has 1 heterocycles. The summed E-state index contributed by atoms with van der Waals surface area (Å²) in [5.41, 5.74) is -0.588. The fourth-order valence-corrected chi connectivity index (χ4v) is 2.09. The van der Waals surface area contributed by atoms with Crippen LogP contribution >= 0.6 is 0 Å². The summed E-state index contributed by atoms with van der Waals surface area (Å²) in [5, 5.41) is 9.00. The highest BCUT2D eigenvalue weighted by atomic mass is 16.5. The zero-order valence-electron chi connectivity index (χ0n) is 11.2. The van der Waals surface area contributed by atoms with E-state index in [0.717, 1.165) is 45.4 Å². The number of hydrogen-bond acceptors (Lipinski definition) is 3. The molecule has 0 saturated carbocycles. The van der Waals surface area contributed by atoms with Crippen LogP contribution in [0.4, 0.5) is 0 Å². The molecule has 4 heteroatoms. The maximum Gasteiger partial charge on any atom is 0.309 e. The predicted octanol–water partition coefficient (Wildman–Crippen LogP) is 1.99. The largest absolute Gasteiger partial charge is 0.481 e. The molecule has 100 valence electrons. The Labute approximate surface area is 104 Å². The van der Waals surface area contributed by atoms with Gasteiger partial charge in [0.25, 0.3) is 0 Å². The minimum atomic E-state index is -0.699. The molecule has 4 nitrogen and oxygen atoms in total. The van der Waals surface area contributed by atoms with Crippen molar-refractivity contribution >= 4 is 5.97 Å². The summed E-state index contributed by atoms with van der Waals surface area (Å²) in [6.45, 7) is 6.34. The van der Waals surface area contributed by atoms with Crippen LogP contribution in [0.2, 0.25) is 0 Å².